The molecule has 106 valence electrons. The van der Waals surface area contributed by atoms with Crippen LogP contribution in [0.15, 0.2) is 29.4 Å². The highest BCUT2D eigenvalue weighted by Crippen LogP contribution is 2.27. The molecular weight excluding hydrogens is 294 g/mol. The summed E-state index contributed by atoms with van der Waals surface area (Å²) >= 11 is 7.48. The molecule has 1 aromatic heterocycles. The lowest BCUT2D eigenvalue weighted by Gasteiger charge is -2.09. The van der Waals surface area contributed by atoms with E-state index >= 15 is 0 Å². The zero-order valence-corrected chi connectivity index (χ0v) is 13.2. The molecule has 0 aliphatic heterocycles. The molecule has 0 unspecified atom stereocenters. The van der Waals surface area contributed by atoms with Crippen molar-refractivity contribution < 1.29 is 4.74 Å². The van der Waals surface area contributed by atoms with E-state index in [-0.39, 0.29) is 0 Å². The summed E-state index contributed by atoms with van der Waals surface area (Å²) in [6.45, 7) is 4.75. The third-order valence-electron chi connectivity index (χ3n) is 2.57. The van der Waals surface area contributed by atoms with Gasteiger partial charge in [-0.25, -0.2) is 4.98 Å². The molecule has 0 amide bonds. The normalized spacial score (nSPS) is 10.4. The van der Waals surface area contributed by atoms with Crippen LogP contribution < -0.4 is 10.1 Å². The van der Waals surface area contributed by atoms with Crippen LogP contribution in [-0.2, 0) is 0 Å². The van der Waals surface area contributed by atoms with Gasteiger partial charge in [-0.15, -0.1) is 0 Å². The first-order chi connectivity index (χ1) is 9.62. The molecule has 1 aromatic carbocycles. The van der Waals surface area contributed by atoms with Gasteiger partial charge in [0.2, 0.25) is 5.88 Å². The van der Waals surface area contributed by atoms with Crippen molar-refractivity contribution in [2.45, 2.75) is 19.0 Å². The maximum Gasteiger partial charge on any atom is 0.225 e. The van der Waals surface area contributed by atoms with Gasteiger partial charge in [-0.2, -0.15) is 4.98 Å². The lowest BCUT2D eigenvalue weighted by atomic mass is 10.2. The topological polar surface area (TPSA) is 47.0 Å². The first-order valence-corrected chi connectivity index (χ1v) is 7.83. The summed E-state index contributed by atoms with van der Waals surface area (Å²) in [7, 11) is 0. The Morgan fingerprint density at radius 2 is 2.10 bits per heavy atom. The number of halogens is 1. The van der Waals surface area contributed by atoms with Gasteiger partial charge in [0.15, 0.2) is 5.16 Å². The highest BCUT2D eigenvalue weighted by atomic mass is 35.5. The fraction of sp³-hybridized carbons (Fsp3) is 0.286. The zero-order valence-electron chi connectivity index (χ0n) is 11.6. The summed E-state index contributed by atoms with van der Waals surface area (Å²) in [5.41, 5.74) is 0.968. The van der Waals surface area contributed by atoms with Gasteiger partial charge < -0.3 is 10.1 Å². The van der Waals surface area contributed by atoms with Crippen LogP contribution in [0.5, 0.6) is 11.6 Å². The highest BCUT2D eigenvalue weighted by Gasteiger charge is 2.06. The van der Waals surface area contributed by atoms with Crippen molar-refractivity contribution in [1.29, 1.82) is 0 Å². The van der Waals surface area contributed by atoms with Gasteiger partial charge in [0.1, 0.15) is 11.6 Å². The van der Waals surface area contributed by atoms with Gasteiger partial charge >= 0.3 is 0 Å². The van der Waals surface area contributed by atoms with Gasteiger partial charge in [0, 0.05) is 17.6 Å². The number of anilines is 1. The number of nitrogens with one attached hydrogen (secondary N) is 1. The second-order valence-corrected chi connectivity index (χ2v) is 5.30. The smallest absolute Gasteiger partial charge is 0.225 e. The summed E-state index contributed by atoms with van der Waals surface area (Å²) in [5.74, 6) is 1.98. The fourth-order valence-electron chi connectivity index (χ4n) is 1.62. The number of aromatic nitrogens is 2. The predicted octanol–water partition coefficient (Wildman–Crippen LogP) is 4.38. The third-order valence-corrected chi connectivity index (χ3v) is 3.55. The van der Waals surface area contributed by atoms with Crippen LogP contribution in [0.1, 0.15) is 12.5 Å². The minimum atomic E-state index is 0.516. The lowest BCUT2D eigenvalue weighted by Crippen LogP contribution is -2.02. The van der Waals surface area contributed by atoms with Crippen molar-refractivity contribution in [1.82, 2.24) is 9.97 Å². The molecule has 0 aliphatic rings. The Balaban J connectivity index is 2.27. The Morgan fingerprint density at radius 1 is 1.30 bits per heavy atom. The quantitative estimate of drug-likeness (QED) is 0.656. The molecular formula is C14H16ClN3OS. The standard InChI is InChI=1S/C14H16ClN3OS/c1-4-16-12-8-13(18-14(17-12)20-3)19-10-5-6-11(15)9(2)7-10/h5-8H,4H2,1-3H3,(H,16,17,18). The number of hydrogen-bond acceptors (Lipinski definition) is 5. The van der Waals surface area contributed by atoms with E-state index in [1.807, 2.05) is 38.3 Å². The Bertz CT molecular complexity index is 607. The molecule has 0 aliphatic carbocycles. The van der Waals surface area contributed by atoms with E-state index in [4.69, 9.17) is 16.3 Å². The van der Waals surface area contributed by atoms with Gasteiger partial charge in [-0.1, -0.05) is 23.4 Å². The molecule has 0 saturated carbocycles. The Hall–Kier alpha value is -1.46. The number of hydrogen-bond donors (Lipinski definition) is 1. The van der Waals surface area contributed by atoms with E-state index in [0.29, 0.717) is 16.8 Å². The van der Waals surface area contributed by atoms with Crippen molar-refractivity contribution in [3.8, 4) is 11.6 Å². The molecule has 2 rings (SSSR count). The zero-order chi connectivity index (χ0) is 14.5. The predicted molar refractivity (Wildman–Crippen MR) is 84.2 cm³/mol. The van der Waals surface area contributed by atoms with Crippen molar-refractivity contribution in [3.63, 3.8) is 0 Å². The van der Waals surface area contributed by atoms with Gasteiger partial charge in [0.05, 0.1) is 0 Å². The fourth-order valence-corrected chi connectivity index (χ4v) is 2.11. The number of thioether (sulfide) groups is 1. The molecule has 6 heteroatoms. The number of rotatable bonds is 5. The first kappa shape index (κ1) is 14.9. The van der Waals surface area contributed by atoms with Crippen LogP contribution in [0.3, 0.4) is 0 Å². The van der Waals surface area contributed by atoms with Crippen LogP contribution in [-0.4, -0.2) is 22.8 Å². The molecule has 20 heavy (non-hydrogen) atoms. The molecule has 0 radical (unpaired) electrons. The van der Waals surface area contributed by atoms with Crippen molar-refractivity contribution >= 4 is 29.2 Å². The molecule has 0 spiro atoms. The van der Waals surface area contributed by atoms with E-state index in [1.165, 1.54) is 11.8 Å². The molecule has 1 N–H and O–H groups in total. The molecule has 1 heterocycles. The van der Waals surface area contributed by atoms with Gasteiger partial charge in [-0.05, 0) is 43.9 Å². The van der Waals surface area contributed by atoms with Crippen LogP contribution in [0, 0.1) is 6.92 Å². The molecule has 0 bridgehead atoms. The highest BCUT2D eigenvalue weighted by molar-refractivity contribution is 7.98. The summed E-state index contributed by atoms with van der Waals surface area (Å²) in [5, 5.41) is 4.55. The summed E-state index contributed by atoms with van der Waals surface area (Å²) in [6.07, 6.45) is 1.93. The number of nitrogens with zero attached hydrogens (tertiary/aromatic N) is 2. The number of aryl methyl sites for hydroxylation is 1. The average molecular weight is 310 g/mol. The van der Waals surface area contributed by atoms with E-state index in [9.17, 15) is 0 Å². The summed E-state index contributed by atoms with van der Waals surface area (Å²) in [4.78, 5) is 8.69. The minimum Gasteiger partial charge on any atom is -0.439 e. The number of ether oxygens (including phenoxy) is 1. The van der Waals surface area contributed by atoms with Gasteiger partial charge in [0.25, 0.3) is 0 Å². The van der Waals surface area contributed by atoms with E-state index in [0.717, 1.165) is 22.9 Å². The maximum atomic E-state index is 6.00. The summed E-state index contributed by atoms with van der Waals surface area (Å²) in [6, 6.07) is 7.31. The number of benzene rings is 1. The van der Waals surface area contributed by atoms with E-state index in [1.54, 1.807) is 6.07 Å². The molecule has 0 fully saturated rings. The van der Waals surface area contributed by atoms with Crippen molar-refractivity contribution in [2.24, 2.45) is 0 Å². The largest absolute Gasteiger partial charge is 0.439 e. The van der Waals surface area contributed by atoms with Crippen LogP contribution >= 0.6 is 23.4 Å². The van der Waals surface area contributed by atoms with Crippen molar-refractivity contribution in [2.75, 3.05) is 18.1 Å². The average Bonchev–Trinajstić information content (AvgIpc) is 2.43. The first-order valence-electron chi connectivity index (χ1n) is 6.23. The Labute approximate surface area is 127 Å². The van der Waals surface area contributed by atoms with Crippen molar-refractivity contribution in [3.05, 3.63) is 34.9 Å². The molecule has 4 nitrogen and oxygen atoms in total. The molecule has 2 aromatic rings. The molecule has 0 atom stereocenters. The van der Waals surface area contributed by atoms with E-state index < -0.39 is 0 Å². The van der Waals surface area contributed by atoms with Crippen LogP contribution in [0.4, 0.5) is 5.82 Å². The monoisotopic (exact) mass is 309 g/mol. The Kier molecular flexibility index (Phi) is 5.09. The Morgan fingerprint density at radius 3 is 2.75 bits per heavy atom. The third kappa shape index (κ3) is 3.77. The molecule has 0 saturated heterocycles. The maximum absolute atomic E-state index is 6.00. The minimum absolute atomic E-state index is 0.516. The van der Waals surface area contributed by atoms with Crippen LogP contribution in [0.2, 0.25) is 5.02 Å². The van der Waals surface area contributed by atoms with Gasteiger partial charge in [-0.3, -0.25) is 0 Å². The van der Waals surface area contributed by atoms with Crippen LogP contribution in [0.25, 0.3) is 0 Å². The second-order valence-electron chi connectivity index (χ2n) is 4.12. The van der Waals surface area contributed by atoms with E-state index in [2.05, 4.69) is 15.3 Å². The second kappa shape index (κ2) is 6.81. The SMILES string of the molecule is CCNc1cc(Oc2ccc(Cl)c(C)c2)nc(SC)n1. The summed E-state index contributed by atoms with van der Waals surface area (Å²) < 4.78 is 5.78. The lowest BCUT2D eigenvalue weighted by molar-refractivity contribution is 0.456.